The zero-order valence-electron chi connectivity index (χ0n) is 14.6. The second kappa shape index (κ2) is 8.14. The number of para-hydroxylation sites is 1. The minimum Gasteiger partial charge on any atom is -0.457 e. The minimum atomic E-state index is -0.0295. The summed E-state index contributed by atoms with van der Waals surface area (Å²) in [5, 5.41) is 2.94. The molecule has 5 nitrogen and oxygen atoms in total. The van der Waals surface area contributed by atoms with Crippen molar-refractivity contribution >= 4 is 11.6 Å². The van der Waals surface area contributed by atoms with Gasteiger partial charge in [0.05, 0.1) is 18.8 Å². The molecule has 0 bridgehead atoms. The van der Waals surface area contributed by atoms with Gasteiger partial charge in [0.15, 0.2) is 0 Å². The Morgan fingerprint density at radius 2 is 1.76 bits per heavy atom. The molecule has 3 rings (SSSR count). The molecule has 0 radical (unpaired) electrons. The Bertz CT molecular complexity index is 695. The molecule has 2 aromatic rings. The molecule has 1 N–H and O–H groups in total. The first-order chi connectivity index (χ1) is 12.1. The van der Waals surface area contributed by atoms with Gasteiger partial charge in [-0.15, -0.1) is 0 Å². The van der Waals surface area contributed by atoms with Gasteiger partial charge in [-0.1, -0.05) is 24.3 Å². The Hall–Kier alpha value is -2.37. The Morgan fingerprint density at radius 1 is 1.08 bits per heavy atom. The van der Waals surface area contributed by atoms with Crippen molar-refractivity contribution in [3.63, 3.8) is 0 Å². The Labute approximate surface area is 148 Å². The predicted molar refractivity (Wildman–Crippen MR) is 98.0 cm³/mol. The van der Waals surface area contributed by atoms with Crippen molar-refractivity contribution in [2.45, 2.75) is 26.1 Å². The van der Waals surface area contributed by atoms with E-state index < -0.39 is 0 Å². The number of amides is 1. The summed E-state index contributed by atoms with van der Waals surface area (Å²) in [6.45, 7) is 5.97. The SMILES string of the molecule is C[C@@H]1CN(CC(=O)Nc2cccc(Oc3ccccc3)c2)C[C@H](C)O1. The normalized spacial score (nSPS) is 20.9. The fourth-order valence-corrected chi connectivity index (χ4v) is 3.08. The summed E-state index contributed by atoms with van der Waals surface area (Å²) in [6.07, 6.45) is 0.304. The fraction of sp³-hybridized carbons (Fsp3) is 0.350. The smallest absolute Gasteiger partial charge is 0.238 e. The van der Waals surface area contributed by atoms with Gasteiger partial charge in [-0.05, 0) is 38.1 Å². The molecule has 25 heavy (non-hydrogen) atoms. The average molecular weight is 340 g/mol. The van der Waals surface area contributed by atoms with E-state index in [0.717, 1.165) is 24.5 Å². The summed E-state index contributed by atoms with van der Waals surface area (Å²) in [6, 6.07) is 17.0. The van der Waals surface area contributed by atoms with E-state index >= 15 is 0 Å². The van der Waals surface area contributed by atoms with Gasteiger partial charge >= 0.3 is 0 Å². The topological polar surface area (TPSA) is 50.8 Å². The van der Waals surface area contributed by atoms with Gasteiger partial charge < -0.3 is 14.8 Å². The number of carbonyl (C=O) groups is 1. The first kappa shape index (κ1) is 17.5. The van der Waals surface area contributed by atoms with Crippen LogP contribution in [0, 0.1) is 0 Å². The second-order valence-electron chi connectivity index (χ2n) is 6.44. The lowest BCUT2D eigenvalue weighted by atomic mass is 10.2. The van der Waals surface area contributed by atoms with Crippen LogP contribution >= 0.6 is 0 Å². The van der Waals surface area contributed by atoms with E-state index in [2.05, 4.69) is 10.2 Å². The van der Waals surface area contributed by atoms with E-state index in [1.54, 1.807) is 0 Å². The van der Waals surface area contributed by atoms with Crippen molar-refractivity contribution in [3.05, 3.63) is 54.6 Å². The number of nitrogens with one attached hydrogen (secondary N) is 1. The van der Waals surface area contributed by atoms with E-state index in [1.165, 1.54) is 0 Å². The lowest BCUT2D eigenvalue weighted by molar-refractivity contribution is -0.121. The van der Waals surface area contributed by atoms with Crippen molar-refractivity contribution in [2.24, 2.45) is 0 Å². The summed E-state index contributed by atoms with van der Waals surface area (Å²) < 4.78 is 11.5. The van der Waals surface area contributed by atoms with Crippen molar-refractivity contribution in [1.29, 1.82) is 0 Å². The molecule has 1 fully saturated rings. The fourth-order valence-electron chi connectivity index (χ4n) is 3.08. The van der Waals surface area contributed by atoms with Crippen LogP contribution in [-0.4, -0.2) is 42.6 Å². The molecule has 0 unspecified atom stereocenters. The van der Waals surface area contributed by atoms with E-state index in [4.69, 9.17) is 9.47 Å². The van der Waals surface area contributed by atoms with Gasteiger partial charge in [-0.2, -0.15) is 0 Å². The average Bonchev–Trinajstić information content (AvgIpc) is 2.55. The molecule has 0 saturated carbocycles. The van der Waals surface area contributed by atoms with Crippen molar-refractivity contribution in [3.8, 4) is 11.5 Å². The molecule has 0 spiro atoms. The molecule has 1 amide bonds. The Balaban J connectivity index is 1.57. The van der Waals surface area contributed by atoms with Crippen molar-refractivity contribution < 1.29 is 14.3 Å². The minimum absolute atomic E-state index is 0.0295. The lowest BCUT2D eigenvalue weighted by Crippen LogP contribution is -2.48. The largest absolute Gasteiger partial charge is 0.457 e. The number of hydrogen-bond donors (Lipinski definition) is 1. The first-order valence-corrected chi connectivity index (χ1v) is 8.59. The highest BCUT2D eigenvalue weighted by Crippen LogP contribution is 2.23. The van der Waals surface area contributed by atoms with Crippen LogP contribution in [0.1, 0.15) is 13.8 Å². The number of hydrogen-bond acceptors (Lipinski definition) is 4. The Kier molecular flexibility index (Phi) is 5.68. The first-order valence-electron chi connectivity index (χ1n) is 8.59. The van der Waals surface area contributed by atoms with E-state index in [9.17, 15) is 4.79 Å². The lowest BCUT2D eigenvalue weighted by Gasteiger charge is -2.34. The van der Waals surface area contributed by atoms with Crippen LogP contribution in [0.5, 0.6) is 11.5 Å². The maximum Gasteiger partial charge on any atom is 0.238 e. The molecular formula is C20H24N2O3. The quantitative estimate of drug-likeness (QED) is 0.905. The van der Waals surface area contributed by atoms with E-state index in [-0.39, 0.29) is 18.1 Å². The van der Waals surface area contributed by atoms with Crippen LogP contribution in [0.15, 0.2) is 54.6 Å². The summed E-state index contributed by atoms with van der Waals surface area (Å²) >= 11 is 0. The molecule has 1 saturated heterocycles. The van der Waals surface area contributed by atoms with Gasteiger partial charge in [-0.3, -0.25) is 9.69 Å². The predicted octanol–water partition coefficient (Wildman–Crippen LogP) is 3.53. The summed E-state index contributed by atoms with van der Waals surface area (Å²) in [4.78, 5) is 14.5. The zero-order valence-corrected chi connectivity index (χ0v) is 14.6. The molecule has 2 atom stereocenters. The number of ether oxygens (including phenoxy) is 2. The highest BCUT2D eigenvalue weighted by molar-refractivity contribution is 5.92. The number of nitrogens with zero attached hydrogens (tertiary/aromatic N) is 1. The number of benzene rings is 2. The van der Waals surface area contributed by atoms with Crippen LogP contribution < -0.4 is 10.1 Å². The summed E-state index contributed by atoms with van der Waals surface area (Å²) in [5.74, 6) is 1.43. The van der Waals surface area contributed by atoms with Crippen LogP contribution in [0.4, 0.5) is 5.69 Å². The van der Waals surface area contributed by atoms with Gasteiger partial charge in [0.2, 0.25) is 5.91 Å². The molecule has 132 valence electrons. The molecule has 5 heteroatoms. The summed E-state index contributed by atoms with van der Waals surface area (Å²) in [5.41, 5.74) is 0.729. The van der Waals surface area contributed by atoms with Crippen molar-refractivity contribution in [2.75, 3.05) is 25.0 Å². The third-order valence-electron chi connectivity index (χ3n) is 3.96. The van der Waals surface area contributed by atoms with Gasteiger partial charge in [0.1, 0.15) is 11.5 Å². The van der Waals surface area contributed by atoms with Crippen LogP contribution in [-0.2, 0) is 9.53 Å². The van der Waals surface area contributed by atoms with Crippen LogP contribution in [0.25, 0.3) is 0 Å². The highest BCUT2D eigenvalue weighted by atomic mass is 16.5. The van der Waals surface area contributed by atoms with E-state index in [1.807, 2.05) is 68.4 Å². The third-order valence-corrected chi connectivity index (χ3v) is 3.96. The maximum absolute atomic E-state index is 12.3. The molecule has 1 aliphatic rings. The Morgan fingerprint density at radius 3 is 2.48 bits per heavy atom. The van der Waals surface area contributed by atoms with Gasteiger partial charge in [-0.25, -0.2) is 0 Å². The number of morpholine rings is 1. The second-order valence-corrected chi connectivity index (χ2v) is 6.44. The van der Waals surface area contributed by atoms with Crippen LogP contribution in [0.3, 0.4) is 0 Å². The molecule has 0 aromatic heterocycles. The number of rotatable bonds is 5. The molecule has 0 aliphatic carbocycles. The van der Waals surface area contributed by atoms with E-state index in [0.29, 0.717) is 12.3 Å². The van der Waals surface area contributed by atoms with Gasteiger partial charge in [0, 0.05) is 24.8 Å². The van der Waals surface area contributed by atoms with Crippen LogP contribution in [0.2, 0.25) is 0 Å². The number of anilines is 1. The maximum atomic E-state index is 12.3. The summed E-state index contributed by atoms with van der Waals surface area (Å²) in [7, 11) is 0. The highest BCUT2D eigenvalue weighted by Gasteiger charge is 2.23. The molecule has 1 heterocycles. The molecule has 1 aliphatic heterocycles. The monoisotopic (exact) mass is 340 g/mol. The zero-order chi connectivity index (χ0) is 17.6. The molecule has 2 aromatic carbocycles. The molecular weight excluding hydrogens is 316 g/mol. The third kappa shape index (κ3) is 5.31. The number of carbonyl (C=O) groups excluding carboxylic acids is 1. The van der Waals surface area contributed by atoms with Gasteiger partial charge in [0.25, 0.3) is 0 Å². The van der Waals surface area contributed by atoms with Crippen molar-refractivity contribution in [1.82, 2.24) is 4.90 Å². The standard InChI is InChI=1S/C20H24N2O3/c1-15-12-22(13-16(2)24-15)14-20(23)21-17-7-6-10-19(11-17)25-18-8-4-3-5-9-18/h3-11,15-16H,12-14H2,1-2H3,(H,21,23)/t15-,16+.